The van der Waals surface area contributed by atoms with E-state index in [0.717, 1.165) is 11.3 Å². The van der Waals surface area contributed by atoms with E-state index in [9.17, 15) is 4.79 Å². The molecule has 0 heterocycles. The minimum absolute atomic E-state index is 0.0289. The molecule has 0 atom stereocenters. The monoisotopic (exact) mass is 276 g/mol. The highest BCUT2D eigenvalue weighted by Gasteiger charge is 2.25. The number of amides is 1. The molecule has 1 amide bonds. The second kappa shape index (κ2) is 7.70. The highest BCUT2D eigenvalue weighted by atomic mass is 16.5. The first kappa shape index (κ1) is 16.2. The van der Waals surface area contributed by atoms with Gasteiger partial charge in [0, 0.05) is 25.7 Å². The minimum Gasteiger partial charge on any atom is -0.489 e. The van der Waals surface area contributed by atoms with E-state index >= 15 is 0 Å². The molecule has 0 aliphatic rings. The molecule has 110 valence electrons. The van der Waals surface area contributed by atoms with Gasteiger partial charge in [-0.25, -0.2) is 0 Å². The van der Waals surface area contributed by atoms with E-state index in [0.29, 0.717) is 19.7 Å². The Morgan fingerprint density at radius 1 is 1.40 bits per heavy atom. The molecular weight excluding hydrogens is 252 g/mol. The molecule has 0 aliphatic heterocycles. The first-order valence-corrected chi connectivity index (χ1v) is 6.75. The molecular formula is C16H24N2O2. The molecule has 0 aromatic heterocycles. The van der Waals surface area contributed by atoms with Crippen molar-refractivity contribution < 1.29 is 9.53 Å². The zero-order chi connectivity index (χ0) is 15.0. The molecule has 1 aromatic carbocycles. The van der Waals surface area contributed by atoms with Gasteiger partial charge < -0.3 is 15.4 Å². The Balaban J connectivity index is 2.57. The predicted octanol–water partition coefficient (Wildman–Crippen LogP) is 2.11. The van der Waals surface area contributed by atoms with Crippen LogP contribution in [-0.4, -0.2) is 26.1 Å². The van der Waals surface area contributed by atoms with Crippen molar-refractivity contribution in [2.24, 2.45) is 5.41 Å². The largest absolute Gasteiger partial charge is 0.489 e. The molecule has 0 saturated heterocycles. The summed E-state index contributed by atoms with van der Waals surface area (Å²) in [5.74, 6) is 0.874. The maximum absolute atomic E-state index is 11.7. The van der Waals surface area contributed by atoms with Gasteiger partial charge in [-0.05, 0) is 19.9 Å². The molecule has 0 bridgehead atoms. The van der Waals surface area contributed by atoms with Crippen LogP contribution in [0, 0.1) is 5.41 Å². The molecule has 0 spiro atoms. The first-order chi connectivity index (χ1) is 9.51. The molecule has 4 heteroatoms. The second-order valence-electron chi connectivity index (χ2n) is 5.27. The molecule has 0 unspecified atom stereocenters. The van der Waals surface area contributed by atoms with Crippen LogP contribution >= 0.6 is 0 Å². The van der Waals surface area contributed by atoms with Crippen LogP contribution in [0.25, 0.3) is 0 Å². The smallest absolute Gasteiger partial charge is 0.226 e. The highest BCUT2D eigenvalue weighted by Crippen LogP contribution is 2.19. The number of benzene rings is 1. The third-order valence-corrected chi connectivity index (χ3v) is 3.05. The van der Waals surface area contributed by atoms with Crippen molar-refractivity contribution in [2.45, 2.75) is 20.4 Å². The SMILES string of the molecule is C=CCOc1ccccc1CNCC(C)(C)C(=O)NC. The Bertz CT molecular complexity index is 456. The predicted molar refractivity (Wildman–Crippen MR) is 81.7 cm³/mol. The van der Waals surface area contributed by atoms with Crippen LogP contribution in [0.15, 0.2) is 36.9 Å². The lowest BCUT2D eigenvalue weighted by Crippen LogP contribution is -2.41. The third-order valence-electron chi connectivity index (χ3n) is 3.05. The van der Waals surface area contributed by atoms with Crippen LogP contribution in [0.3, 0.4) is 0 Å². The topological polar surface area (TPSA) is 50.4 Å². The van der Waals surface area contributed by atoms with E-state index < -0.39 is 5.41 Å². The van der Waals surface area contributed by atoms with Gasteiger partial charge in [0.1, 0.15) is 12.4 Å². The van der Waals surface area contributed by atoms with Gasteiger partial charge in [-0.3, -0.25) is 4.79 Å². The molecule has 0 radical (unpaired) electrons. The zero-order valence-corrected chi connectivity index (χ0v) is 12.5. The van der Waals surface area contributed by atoms with Gasteiger partial charge >= 0.3 is 0 Å². The van der Waals surface area contributed by atoms with Crippen molar-refractivity contribution in [2.75, 3.05) is 20.2 Å². The van der Waals surface area contributed by atoms with E-state index in [1.165, 1.54) is 0 Å². The van der Waals surface area contributed by atoms with E-state index in [1.54, 1.807) is 13.1 Å². The van der Waals surface area contributed by atoms with Crippen LogP contribution < -0.4 is 15.4 Å². The van der Waals surface area contributed by atoms with Gasteiger partial charge in [-0.1, -0.05) is 30.9 Å². The number of hydrogen-bond acceptors (Lipinski definition) is 3. The quantitative estimate of drug-likeness (QED) is 0.715. The second-order valence-corrected chi connectivity index (χ2v) is 5.27. The lowest BCUT2D eigenvalue weighted by atomic mass is 9.92. The van der Waals surface area contributed by atoms with Crippen molar-refractivity contribution in [1.82, 2.24) is 10.6 Å². The van der Waals surface area contributed by atoms with Crippen molar-refractivity contribution in [3.05, 3.63) is 42.5 Å². The molecule has 20 heavy (non-hydrogen) atoms. The minimum atomic E-state index is -0.439. The Hall–Kier alpha value is -1.81. The highest BCUT2D eigenvalue weighted by molar-refractivity contribution is 5.81. The van der Waals surface area contributed by atoms with Crippen molar-refractivity contribution in [3.8, 4) is 5.75 Å². The fourth-order valence-electron chi connectivity index (χ4n) is 1.87. The van der Waals surface area contributed by atoms with E-state index in [1.807, 2.05) is 38.1 Å². The first-order valence-electron chi connectivity index (χ1n) is 6.75. The standard InChI is InChI=1S/C16H24N2O2/c1-5-10-20-14-9-7-6-8-13(14)11-18-12-16(2,3)15(19)17-4/h5-9,18H,1,10-12H2,2-4H3,(H,17,19). The Labute approximate surface area is 121 Å². The number of carbonyl (C=O) groups excluding carboxylic acids is 1. The average molecular weight is 276 g/mol. The van der Waals surface area contributed by atoms with Gasteiger partial charge in [0.25, 0.3) is 0 Å². The zero-order valence-electron chi connectivity index (χ0n) is 12.5. The summed E-state index contributed by atoms with van der Waals surface area (Å²) in [6.07, 6.45) is 1.72. The summed E-state index contributed by atoms with van der Waals surface area (Å²) in [6, 6.07) is 7.86. The molecule has 0 fully saturated rings. The molecule has 0 aliphatic carbocycles. The Kier molecular flexibility index (Phi) is 6.25. The summed E-state index contributed by atoms with van der Waals surface area (Å²) in [4.78, 5) is 11.7. The van der Waals surface area contributed by atoms with Crippen LogP contribution in [0.2, 0.25) is 0 Å². The van der Waals surface area contributed by atoms with Crippen LogP contribution in [0.4, 0.5) is 0 Å². The van der Waals surface area contributed by atoms with E-state index in [4.69, 9.17) is 4.74 Å². The summed E-state index contributed by atoms with van der Waals surface area (Å²) >= 11 is 0. The lowest BCUT2D eigenvalue weighted by molar-refractivity contribution is -0.128. The Morgan fingerprint density at radius 2 is 2.10 bits per heavy atom. The Morgan fingerprint density at radius 3 is 2.75 bits per heavy atom. The van der Waals surface area contributed by atoms with E-state index in [2.05, 4.69) is 17.2 Å². The van der Waals surface area contributed by atoms with Crippen LogP contribution in [0.5, 0.6) is 5.75 Å². The number of rotatable bonds is 8. The van der Waals surface area contributed by atoms with Gasteiger partial charge in [0.05, 0.1) is 5.41 Å². The summed E-state index contributed by atoms with van der Waals surface area (Å²) < 4.78 is 5.60. The normalized spacial score (nSPS) is 10.9. The van der Waals surface area contributed by atoms with Crippen LogP contribution in [-0.2, 0) is 11.3 Å². The summed E-state index contributed by atoms with van der Waals surface area (Å²) in [6.45, 7) is 9.22. The third kappa shape index (κ3) is 4.70. The molecule has 2 N–H and O–H groups in total. The van der Waals surface area contributed by atoms with Gasteiger partial charge in [-0.2, -0.15) is 0 Å². The van der Waals surface area contributed by atoms with Crippen molar-refractivity contribution in [1.29, 1.82) is 0 Å². The number of para-hydroxylation sites is 1. The van der Waals surface area contributed by atoms with Crippen LogP contribution in [0.1, 0.15) is 19.4 Å². The number of hydrogen-bond donors (Lipinski definition) is 2. The number of carbonyl (C=O) groups is 1. The van der Waals surface area contributed by atoms with Gasteiger partial charge in [0.15, 0.2) is 0 Å². The number of nitrogens with one attached hydrogen (secondary N) is 2. The average Bonchev–Trinajstić information content (AvgIpc) is 2.45. The summed E-state index contributed by atoms with van der Waals surface area (Å²) in [7, 11) is 1.66. The fraction of sp³-hybridized carbons (Fsp3) is 0.438. The molecule has 1 rings (SSSR count). The van der Waals surface area contributed by atoms with E-state index in [-0.39, 0.29) is 5.91 Å². The van der Waals surface area contributed by atoms with Crippen molar-refractivity contribution in [3.63, 3.8) is 0 Å². The lowest BCUT2D eigenvalue weighted by Gasteiger charge is -2.23. The maximum atomic E-state index is 11.7. The maximum Gasteiger partial charge on any atom is 0.226 e. The summed E-state index contributed by atoms with van der Waals surface area (Å²) in [5, 5.41) is 5.99. The van der Waals surface area contributed by atoms with Gasteiger partial charge in [0.2, 0.25) is 5.91 Å². The van der Waals surface area contributed by atoms with Crippen molar-refractivity contribution >= 4 is 5.91 Å². The molecule has 1 aromatic rings. The fourth-order valence-corrected chi connectivity index (χ4v) is 1.87. The number of ether oxygens (including phenoxy) is 1. The molecule has 4 nitrogen and oxygen atoms in total. The summed E-state index contributed by atoms with van der Waals surface area (Å²) in [5.41, 5.74) is 0.633. The van der Waals surface area contributed by atoms with Gasteiger partial charge in [-0.15, -0.1) is 0 Å². The molecule has 0 saturated carbocycles.